The van der Waals surface area contributed by atoms with E-state index in [4.69, 9.17) is 0 Å². The van der Waals surface area contributed by atoms with E-state index in [9.17, 15) is 9.59 Å². The molecule has 0 aliphatic carbocycles. The largest absolute Gasteiger partial charge is 0.347 e. The number of nitrogens with zero attached hydrogens (tertiary/aromatic N) is 4. The Morgan fingerprint density at radius 3 is 2.73 bits per heavy atom. The molecule has 0 unspecified atom stereocenters. The van der Waals surface area contributed by atoms with Crippen molar-refractivity contribution in [1.82, 2.24) is 24.4 Å². The van der Waals surface area contributed by atoms with Crippen molar-refractivity contribution in [2.24, 2.45) is 0 Å². The quantitative estimate of drug-likeness (QED) is 0.721. The molecule has 26 heavy (non-hydrogen) atoms. The Labute approximate surface area is 151 Å². The summed E-state index contributed by atoms with van der Waals surface area (Å²) >= 11 is 0. The number of benzene rings is 1. The van der Waals surface area contributed by atoms with Crippen LogP contribution in [0.4, 0.5) is 0 Å². The second-order valence-electron chi connectivity index (χ2n) is 6.55. The SMILES string of the molecule is Cc1cc(C)n(CCN[C@H](C)Cn2cnc3ccccc3c2=O)c(=O)n1. The van der Waals surface area contributed by atoms with Gasteiger partial charge in [-0.3, -0.25) is 13.9 Å². The summed E-state index contributed by atoms with van der Waals surface area (Å²) in [6.45, 7) is 7.38. The summed E-state index contributed by atoms with van der Waals surface area (Å²) < 4.78 is 3.27. The van der Waals surface area contributed by atoms with Gasteiger partial charge in [0.05, 0.1) is 17.2 Å². The highest BCUT2D eigenvalue weighted by atomic mass is 16.1. The van der Waals surface area contributed by atoms with Gasteiger partial charge in [0.25, 0.3) is 5.56 Å². The van der Waals surface area contributed by atoms with Gasteiger partial charge in [-0.1, -0.05) is 12.1 Å². The van der Waals surface area contributed by atoms with Gasteiger partial charge in [0, 0.05) is 37.1 Å². The minimum absolute atomic E-state index is 0.0425. The minimum atomic E-state index is -0.230. The number of aromatic nitrogens is 4. The molecule has 3 aromatic rings. The van der Waals surface area contributed by atoms with E-state index in [0.717, 1.165) is 11.4 Å². The van der Waals surface area contributed by atoms with Crippen molar-refractivity contribution in [2.45, 2.75) is 39.9 Å². The normalized spacial score (nSPS) is 12.4. The molecular weight excluding hydrogens is 330 g/mol. The lowest BCUT2D eigenvalue weighted by atomic mass is 10.2. The average Bonchev–Trinajstić information content (AvgIpc) is 2.60. The van der Waals surface area contributed by atoms with Crippen LogP contribution in [0, 0.1) is 13.8 Å². The molecule has 0 radical (unpaired) electrons. The molecule has 1 aromatic carbocycles. The third-order valence-corrected chi connectivity index (χ3v) is 4.38. The molecule has 0 fully saturated rings. The minimum Gasteiger partial charge on any atom is -0.311 e. The smallest absolute Gasteiger partial charge is 0.311 e. The van der Waals surface area contributed by atoms with Crippen LogP contribution in [0.1, 0.15) is 18.3 Å². The van der Waals surface area contributed by atoms with Crippen molar-refractivity contribution in [2.75, 3.05) is 6.54 Å². The van der Waals surface area contributed by atoms with Crippen molar-refractivity contribution in [3.8, 4) is 0 Å². The molecule has 0 spiro atoms. The Bertz CT molecular complexity index is 1040. The molecule has 0 amide bonds. The van der Waals surface area contributed by atoms with E-state index in [1.807, 2.05) is 45.0 Å². The van der Waals surface area contributed by atoms with Crippen LogP contribution in [0.3, 0.4) is 0 Å². The molecule has 0 aliphatic rings. The lowest BCUT2D eigenvalue weighted by molar-refractivity contribution is 0.447. The van der Waals surface area contributed by atoms with Gasteiger partial charge in [-0.15, -0.1) is 0 Å². The Hall–Kier alpha value is -2.80. The molecule has 136 valence electrons. The zero-order valence-electron chi connectivity index (χ0n) is 15.3. The van der Waals surface area contributed by atoms with Gasteiger partial charge >= 0.3 is 5.69 Å². The van der Waals surface area contributed by atoms with Gasteiger partial charge in [-0.05, 0) is 39.0 Å². The lowest BCUT2D eigenvalue weighted by Crippen LogP contribution is -2.38. The fourth-order valence-corrected chi connectivity index (χ4v) is 3.07. The van der Waals surface area contributed by atoms with Crippen molar-refractivity contribution in [3.63, 3.8) is 0 Å². The van der Waals surface area contributed by atoms with Gasteiger partial charge in [-0.25, -0.2) is 9.78 Å². The molecule has 0 saturated carbocycles. The van der Waals surface area contributed by atoms with Crippen molar-refractivity contribution < 1.29 is 0 Å². The molecule has 0 saturated heterocycles. The molecule has 7 nitrogen and oxygen atoms in total. The number of nitrogens with one attached hydrogen (secondary N) is 1. The summed E-state index contributed by atoms with van der Waals surface area (Å²) in [5.41, 5.74) is 2.06. The van der Waals surface area contributed by atoms with E-state index in [0.29, 0.717) is 30.5 Å². The molecule has 2 aromatic heterocycles. The molecule has 1 N–H and O–H groups in total. The van der Waals surface area contributed by atoms with Crippen LogP contribution < -0.4 is 16.6 Å². The first-order chi connectivity index (χ1) is 12.5. The number of para-hydroxylation sites is 1. The monoisotopic (exact) mass is 353 g/mol. The standard InChI is InChI=1S/C19H23N5O2/c1-13-10-15(3)24(19(26)22-13)9-8-20-14(2)11-23-12-21-17-7-5-4-6-16(17)18(23)25/h4-7,10,12,14,20H,8-9,11H2,1-3H3/t14-/m1/s1. The predicted octanol–water partition coefficient (Wildman–Crippen LogP) is 1.25. The number of aryl methyl sites for hydroxylation is 2. The first kappa shape index (κ1) is 18.0. The number of hydrogen-bond donors (Lipinski definition) is 1. The van der Waals surface area contributed by atoms with E-state index in [1.54, 1.807) is 21.5 Å². The molecule has 1 atom stereocenters. The summed E-state index contributed by atoms with van der Waals surface area (Å²) in [6.07, 6.45) is 1.58. The average molecular weight is 353 g/mol. The van der Waals surface area contributed by atoms with Crippen molar-refractivity contribution >= 4 is 10.9 Å². The van der Waals surface area contributed by atoms with E-state index in [-0.39, 0.29) is 17.3 Å². The van der Waals surface area contributed by atoms with Gasteiger partial charge in [-0.2, -0.15) is 4.98 Å². The highest BCUT2D eigenvalue weighted by molar-refractivity contribution is 5.76. The van der Waals surface area contributed by atoms with Crippen LogP contribution in [0.2, 0.25) is 0 Å². The fourth-order valence-electron chi connectivity index (χ4n) is 3.07. The summed E-state index contributed by atoms with van der Waals surface area (Å²) in [4.78, 5) is 32.8. The Morgan fingerprint density at radius 2 is 1.96 bits per heavy atom. The Morgan fingerprint density at radius 1 is 1.19 bits per heavy atom. The maximum absolute atomic E-state index is 12.5. The number of rotatable bonds is 6. The summed E-state index contributed by atoms with van der Waals surface area (Å²) in [7, 11) is 0. The van der Waals surface area contributed by atoms with Crippen LogP contribution >= 0.6 is 0 Å². The predicted molar refractivity (Wildman–Crippen MR) is 101 cm³/mol. The van der Waals surface area contributed by atoms with Gasteiger partial charge in [0.1, 0.15) is 0 Å². The third kappa shape index (κ3) is 3.88. The third-order valence-electron chi connectivity index (χ3n) is 4.38. The molecule has 0 bridgehead atoms. The fraction of sp³-hybridized carbons (Fsp3) is 0.368. The van der Waals surface area contributed by atoms with Crippen LogP contribution in [-0.2, 0) is 13.1 Å². The second-order valence-corrected chi connectivity index (χ2v) is 6.55. The molecule has 2 heterocycles. The lowest BCUT2D eigenvalue weighted by Gasteiger charge is -2.16. The van der Waals surface area contributed by atoms with E-state index in [2.05, 4.69) is 15.3 Å². The maximum atomic E-state index is 12.5. The highest BCUT2D eigenvalue weighted by Gasteiger charge is 2.08. The van der Waals surface area contributed by atoms with E-state index >= 15 is 0 Å². The van der Waals surface area contributed by atoms with Gasteiger partial charge in [0.15, 0.2) is 0 Å². The van der Waals surface area contributed by atoms with Crippen molar-refractivity contribution in [1.29, 1.82) is 0 Å². The summed E-state index contributed by atoms with van der Waals surface area (Å²) in [5, 5.41) is 3.97. The molecule has 3 rings (SSSR count). The molecule has 7 heteroatoms. The van der Waals surface area contributed by atoms with Crippen LogP contribution in [0.5, 0.6) is 0 Å². The number of fused-ring (bicyclic) bond motifs is 1. The summed E-state index contributed by atoms with van der Waals surface area (Å²) in [5.74, 6) is 0. The first-order valence-corrected chi connectivity index (χ1v) is 8.68. The Balaban J connectivity index is 1.63. The Kier molecular flexibility index (Phi) is 5.27. The van der Waals surface area contributed by atoms with Crippen LogP contribution in [-0.4, -0.2) is 31.7 Å². The van der Waals surface area contributed by atoms with Gasteiger partial charge in [0.2, 0.25) is 0 Å². The van der Waals surface area contributed by atoms with Gasteiger partial charge < -0.3 is 5.32 Å². The number of hydrogen-bond acceptors (Lipinski definition) is 5. The molecular formula is C19H23N5O2. The highest BCUT2D eigenvalue weighted by Crippen LogP contribution is 2.05. The topological polar surface area (TPSA) is 81.8 Å². The van der Waals surface area contributed by atoms with Crippen LogP contribution in [0.25, 0.3) is 10.9 Å². The molecule has 0 aliphatic heterocycles. The second kappa shape index (κ2) is 7.61. The summed E-state index contributed by atoms with van der Waals surface area (Å²) in [6, 6.07) is 9.29. The maximum Gasteiger partial charge on any atom is 0.347 e. The zero-order chi connectivity index (χ0) is 18.7. The van der Waals surface area contributed by atoms with Crippen molar-refractivity contribution in [3.05, 3.63) is 68.9 Å². The zero-order valence-corrected chi connectivity index (χ0v) is 15.3. The van der Waals surface area contributed by atoms with Crippen LogP contribution in [0.15, 0.2) is 46.2 Å². The van der Waals surface area contributed by atoms with E-state index in [1.165, 1.54) is 0 Å². The first-order valence-electron chi connectivity index (χ1n) is 8.68. The van der Waals surface area contributed by atoms with E-state index < -0.39 is 0 Å².